The third kappa shape index (κ3) is 4.00. The number of benzene rings is 3. The van der Waals surface area contributed by atoms with E-state index in [-0.39, 0.29) is 45.9 Å². The van der Waals surface area contributed by atoms with Crippen molar-refractivity contribution in [1.29, 1.82) is 0 Å². The number of azo groups is 1. The third-order valence-corrected chi connectivity index (χ3v) is 4.08. The molecule has 6 nitrogen and oxygen atoms in total. The summed E-state index contributed by atoms with van der Waals surface area (Å²) < 4.78 is 33.3. The molecule has 3 rings (SSSR count). The van der Waals surface area contributed by atoms with E-state index in [1.165, 1.54) is 30.3 Å². The Balaban J connectivity index is 0.00000208. The molecule has 0 radical (unpaired) electrons. The topological polar surface area (TPSA) is 102 Å². The van der Waals surface area contributed by atoms with Crippen LogP contribution >= 0.6 is 0 Å². The Morgan fingerprint density at radius 1 is 0.917 bits per heavy atom. The van der Waals surface area contributed by atoms with E-state index in [9.17, 15) is 18.1 Å². The van der Waals surface area contributed by atoms with Crippen LogP contribution in [-0.2, 0) is 10.1 Å². The first-order valence-corrected chi connectivity index (χ1v) is 8.04. The van der Waals surface area contributed by atoms with E-state index < -0.39 is 10.1 Å². The predicted octanol–water partition coefficient (Wildman–Crippen LogP) is 0.869. The fourth-order valence-electron chi connectivity index (χ4n) is 2.14. The first-order valence-electron chi connectivity index (χ1n) is 6.63. The number of hydrogen-bond donors (Lipinski definition) is 1. The standard InChI is InChI=1S/C16H12N2O4S.Na/c19-15-9-6-11-10-13(23(20,21)22)7-8-14(11)16(15)18-17-12-4-2-1-3-5-12;/h1-10,19H,(H,20,21,22);/q;+1/p-1/b18-17+;. The smallest absolute Gasteiger partial charge is 0.744 e. The van der Waals surface area contributed by atoms with Gasteiger partial charge in [0.1, 0.15) is 21.6 Å². The summed E-state index contributed by atoms with van der Waals surface area (Å²) in [4.78, 5) is -0.332. The van der Waals surface area contributed by atoms with Gasteiger partial charge in [-0.3, -0.25) is 0 Å². The fraction of sp³-hybridized carbons (Fsp3) is 0. The van der Waals surface area contributed by atoms with Gasteiger partial charge in [-0.15, -0.1) is 5.11 Å². The molecule has 0 aliphatic carbocycles. The molecule has 0 saturated heterocycles. The fourth-order valence-corrected chi connectivity index (χ4v) is 2.65. The predicted molar refractivity (Wildman–Crippen MR) is 84.2 cm³/mol. The molecule has 1 N–H and O–H groups in total. The van der Waals surface area contributed by atoms with Gasteiger partial charge in [0.25, 0.3) is 0 Å². The van der Waals surface area contributed by atoms with E-state index in [4.69, 9.17) is 0 Å². The summed E-state index contributed by atoms with van der Waals surface area (Å²) in [5.74, 6) is -0.0880. The number of fused-ring (bicyclic) bond motifs is 1. The first kappa shape index (κ1) is 18.6. The van der Waals surface area contributed by atoms with Crippen LogP contribution in [0.1, 0.15) is 0 Å². The second-order valence-electron chi connectivity index (χ2n) is 4.81. The van der Waals surface area contributed by atoms with Crippen molar-refractivity contribution in [1.82, 2.24) is 0 Å². The molecule has 3 aromatic rings. The van der Waals surface area contributed by atoms with Crippen LogP contribution in [0.4, 0.5) is 11.4 Å². The molecule has 24 heavy (non-hydrogen) atoms. The van der Waals surface area contributed by atoms with Gasteiger partial charge in [0, 0.05) is 5.39 Å². The van der Waals surface area contributed by atoms with Crippen LogP contribution < -0.4 is 29.6 Å². The summed E-state index contributed by atoms with van der Waals surface area (Å²) in [6.07, 6.45) is 0. The Morgan fingerprint density at radius 3 is 2.29 bits per heavy atom. The Kier molecular flexibility index (Phi) is 5.74. The normalized spacial score (nSPS) is 11.5. The molecule has 0 unspecified atom stereocenters. The third-order valence-electron chi connectivity index (χ3n) is 3.25. The molecule has 116 valence electrons. The summed E-state index contributed by atoms with van der Waals surface area (Å²) in [5.41, 5.74) is 0.823. The van der Waals surface area contributed by atoms with E-state index in [1.807, 2.05) is 18.2 Å². The van der Waals surface area contributed by atoms with Gasteiger partial charge in [-0.05, 0) is 35.7 Å². The van der Waals surface area contributed by atoms with Gasteiger partial charge in [0.05, 0.1) is 10.6 Å². The maximum Gasteiger partial charge on any atom is 1.00 e. The monoisotopic (exact) mass is 350 g/mol. The van der Waals surface area contributed by atoms with E-state index in [0.29, 0.717) is 16.5 Å². The number of nitrogens with zero attached hydrogens (tertiary/aromatic N) is 2. The molecular formula is C16H11N2NaO4S. The minimum Gasteiger partial charge on any atom is -0.744 e. The van der Waals surface area contributed by atoms with Gasteiger partial charge in [-0.25, -0.2) is 8.42 Å². The summed E-state index contributed by atoms with van der Waals surface area (Å²) in [5, 5.41) is 19.0. The van der Waals surface area contributed by atoms with Crippen molar-refractivity contribution in [3.63, 3.8) is 0 Å². The molecule has 8 heteroatoms. The molecule has 0 aliphatic heterocycles. The summed E-state index contributed by atoms with van der Waals surface area (Å²) >= 11 is 0. The average molecular weight is 350 g/mol. The maximum atomic E-state index is 11.1. The number of aromatic hydroxyl groups is 1. The Morgan fingerprint density at radius 2 is 1.62 bits per heavy atom. The van der Waals surface area contributed by atoms with E-state index in [0.717, 1.165) is 0 Å². The van der Waals surface area contributed by atoms with Gasteiger partial charge >= 0.3 is 29.6 Å². The van der Waals surface area contributed by atoms with E-state index in [1.54, 1.807) is 12.1 Å². The molecular weight excluding hydrogens is 339 g/mol. The van der Waals surface area contributed by atoms with Crippen molar-refractivity contribution in [3.8, 4) is 5.75 Å². The van der Waals surface area contributed by atoms with Crippen molar-refractivity contribution < 1.29 is 47.6 Å². The summed E-state index contributed by atoms with van der Waals surface area (Å²) in [7, 11) is -4.54. The van der Waals surface area contributed by atoms with Crippen LogP contribution in [0.2, 0.25) is 0 Å². The molecule has 0 heterocycles. The molecule has 0 spiro atoms. The minimum absolute atomic E-state index is 0. The van der Waals surface area contributed by atoms with Gasteiger partial charge in [0.15, 0.2) is 0 Å². The Hall–Kier alpha value is -1.77. The number of rotatable bonds is 3. The summed E-state index contributed by atoms with van der Waals surface area (Å²) in [6.45, 7) is 0. The quantitative estimate of drug-likeness (QED) is 0.430. The van der Waals surface area contributed by atoms with Crippen LogP contribution in [-0.4, -0.2) is 18.1 Å². The van der Waals surface area contributed by atoms with Gasteiger partial charge in [-0.1, -0.05) is 30.3 Å². The van der Waals surface area contributed by atoms with Gasteiger partial charge in [0.2, 0.25) is 0 Å². The molecule has 0 bridgehead atoms. The second-order valence-corrected chi connectivity index (χ2v) is 6.19. The zero-order valence-electron chi connectivity index (χ0n) is 12.7. The first-order chi connectivity index (χ1) is 10.9. The molecule has 0 saturated carbocycles. The number of phenols is 1. The molecule has 0 amide bonds. The molecule has 3 aromatic carbocycles. The van der Waals surface area contributed by atoms with Crippen molar-refractivity contribution in [3.05, 3.63) is 60.7 Å². The number of phenolic OH excluding ortho intramolecular Hbond substituents is 1. The maximum absolute atomic E-state index is 11.1. The van der Waals surface area contributed by atoms with Crippen LogP contribution in [0, 0.1) is 0 Å². The summed E-state index contributed by atoms with van der Waals surface area (Å²) in [6, 6.07) is 15.7. The molecule has 0 atom stereocenters. The van der Waals surface area contributed by atoms with E-state index in [2.05, 4.69) is 10.2 Å². The minimum atomic E-state index is -4.54. The van der Waals surface area contributed by atoms with Crippen LogP contribution in [0.15, 0.2) is 75.8 Å². The Bertz CT molecular complexity index is 1010. The molecule has 0 aromatic heterocycles. The largest absolute Gasteiger partial charge is 1.00 e. The van der Waals surface area contributed by atoms with Crippen LogP contribution in [0.25, 0.3) is 10.8 Å². The molecule has 0 aliphatic rings. The van der Waals surface area contributed by atoms with Crippen molar-refractivity contribution in [2.24, 2.45) is 10.2 Å². The van der Waals surface area contributed by atoms with Gasteiger partial charge in [-0.2, -0.15) is 5.11 Å². The van der Waals surface area contributed by atoms with Gasteiger partial charge < -0.3 is 9.66 Å². The SMILES string of the molecule is O=S(=O)([O-])c1ccc2c(/N=N/c3ccccc3)c(O)ccc2c1.[Na+]. The van der Waals surface area contributed by atoms with Crippen molar-refractivity contribution in [2.75, 3.05) is 0 Å². The second kappa shape index (κ2) is 7.42. The van der Waals surface area contributed by atoms with Crippen molar-refractivity contribution >= 4 is 32.3 Å². The Labute approximate surface area is 160 Å². The van der Waals surface area contributed by atoms with Crippen molar-refractivity contribution in [2.45, 2.75) is 4.90 Å². The molecule has 0 fully saturated rings. The zero-order chi connectivity index (χ0) is 16.4. The van der Waals surface area contributed by atoms with E-state index >= 15 is 0 Å². The number of hydrogen-bond acceptors (Lipinski definition) is 6. The van der Waals surface area contributed by atoms with Crippen LogP contribution in [0.3, 0.4) is 0 Å². The zero-order valence-corrected chi connectivity index (χ0v) is 15.6. The van der Waals surface area contributed by atoms with Crippen LogP contribution in [0.5, 0.6) is 5.75 Å². The average Bonchev–Trinajstić information content (AvgIpc) is 2.53.